The molecule has 1 aliphatic rings. The number of carbonyl (C=O) groups is 1. The molecule has 0 unspecified atom stereocenters. The highest BCUT2D eigenvalue weighted by Crippen LogP contribution is 2.38. The molecule has 0 spiro atoms. The van der Waals surface area contributed by atoms with Crippen LogP contribution < -0.4 is 4.74 Å². The van der Waals surface area contributed by atoms with Crippen molar-refractivity contribution in [3.63, 3.8) is 0 Å². The van der Waals surface area contributed by atoms with Gasteiger partial charge in [0.05, 0.1) is 18.0 Å². The van der Waals surface area contributed by atoms with Crippen LogP contribution in [0.3, 0.4) is 0 Å². The van der Waals surface area contributed by atoms with E-state index >= 15 is 0 Å². The first-order valence-corrected chi connectivity index (χ1v) is 8.12. The summed E-state index contributed by atoms with van der Waals surface area (Å²) in [6, 6.07) is 7.56. The smallest absolute Gasteiger partial charge is 0.358 e. The number of nitrogens with zero attached hydrogens (tertiary/aromatic N) is 3. The summed E-state index contributed by atoms with van der Waals surface area (Å²) in [5.41, 5.74) is 1.59. The molecule has 23 heavy (non-hydrogen) atoms. The summed E-state index contributed by atoms with van der Waals surface area (Å²) in [6.45, 7) is 2.83. The molecule has 0 aliphatic heterocycles. The van der Waals surface area contributed by atoms with E-state index in [1.165, 1.54) is 0 Å². The van der Waals surface area contributed by atoms with Gasteiger partial charge in [0.2, 0.25) is 0 Å². The summed E-state index contributed by atoms with van der Waals surface area (Å²) in [5, 5.41) is 17.2. The first-order valence-electron chi connectivity index (χ1n) is 8.12. The predicted octanol–water partition coefficient (Wildman–Crippen LogP) is 3.41. The largest absolute Gasteiger partial charge is 0.494 e. The van der Waals surface area contributed by atoms with Crippen LogP contribution in [0.4, 0.5) is 0 Å². The third kappa shape index (κ3) is 3.21. The lowest BCUT2D eigenvalue weighted by molar-refractivity contribution is 0.0687. The molecule has 1 aromatic heterocycles. The quantitative estimate of drug-likeness (QED) is 0.792. The van der Waals surface area contributed by atoms with E-state index in [0.717, 1.165) is 43.5 Å². The number of ether oxygens (including phenoxy) is 1. The van der Waals surface area contributed by atoms with Crippen molar-refractivity contribution in [2.45, 2.75) is 44.9 Å². The average molecular weight is 315 g/mol. The van der Waals surface area contributed by atoms with Crippen molar-refractivity contribution in [1.29, 1.82) is 0 Å². The molecule has 1 heterocycles. The van der Waals surface area contributed by atoms with E-state index in [4.69, 9.17) is 4.74 Å². The first-order chi connectivity index (χ1) is 11.2. The van der Waals surface area contributed by atoms with Crippen LogP contribution in [-0.2, 0) is 0 Å². The molecule has 0 radical (unpaired) electrons. The molecule has 2 aromatic rings. The SMILES string of the molecule is CCCCOc1ccc(-n2nnc(C(=O)O)c2C2CCC2)cc1. The highest BCUT2D eigenvalue weighted by Gasteiger charge is 2.30. The van der Waals surface area contributed by atoms with Crippen LogP contribution in [0.25, 0.3) is 5.69 Å². The summed E-state index contributed by atoms with van der Waals surface area (Å²) in [6.07, 6.45) is 5.23. The van der Waals surface area contributed by atoms with Gasteiger partial charge in [0, 0.05) is 5.92 Å². The zero-order valence-electron chi connectivity index (χ0n) is 13.2. The number of unbranched alkanes of at least 4 members (excludes halogenated alkanes) is 1. The van der Waals surface area contributed by atoms with Crippen LogP contribution in [0.1, 0.15) is 61.1 Å². The van der Waals surface area contributed by atoms with Crippen molar-refractivity contribution >= 4 is 5.97 Å². The van der Waals surface area contributed by atoms with Crippen molar-refractivity contribution in [1.82, 2.24) is 15.0 Å². The number of carboxylic acids is 1. The van der Waals surface area contributed by atoms with Gasteiger partial charge in [0.25, 0.3) is 0 Å². The molecule has 1 aromatic carbocycles. The van der Waals surface area contributed by atoms with E-state index in [1.54, 1.807) is 4.68 Å². The minimum Gasteiger partial charge on any atom is -0.494 e. The molecule has 6 nitrogen and oxygen atoms in total. The molecular formula is C17H21N3O3. The molecule has 0 amide bonds. The van der Waals surface area contributed by atoms with Gasteiger partial charge in [-0.25, -0.2) is 9.48 Å². The van der Waals surface area contributed by atoms with E-state index in [-0.39, 0.29) is 11.6 Å². The molecule has 3 rings (SSSR count). The lowest BCUT2D eigenvalue weighted by Crippen LogP contribution is -2.17. The van der Waals surface area contributed by atoms with Crippen LogP contribution in [0.15, 0.2) is 24.3 Å². The second-order valence-electron chi connectivity index (χ2n) is 5.86. The highest BCUT2D eigenvalue weighted by atomic mass is 16.5. The average Bonchev–Trinajstić information content (AvgIpc) is 2.91. The Hall–Kier alpha value is -2.37. The standard InChI is InChI=1S/C17H21N3O3/c1-2-3-11-23-14-9-7-13(8-10-14)20-16(12-5-4-6-12)15(17(21)22)18-19-20/h7-10,12H,2-6,11H2,1H3,(H,21,22). The molecule has 6 heteroatoms. The van der Waals surface area contributed by atoms with E-state index in [2.05, 4.69) is 17.2 Å². The van der Waals surface area contributed by atoms with Gasteiger partial charge in [-0.1, -0.05) is 25.0 Å². The molecule has 1 N–H and O–H groups in total. The van der Waals surface area contributed by atoms with Crippen LogP contribution in [0, 0.1) is 0 Å². The predicted molar refractivity (Wildman–Crippen MR) is 85.3 cm³/mol. The van der Waals surface area contributed by atoms with Crippen molar-refractivity contribution in [2.24, 2.45) is 0 Å². The molecule has 0 saturated heterocycles. The molecule has 1 aliphatic carbocycles. The molecule has 0 atom stereocenters. The van der Waals surface area contributed by atoms with Crippen molar-refractivity contribution in [3.8, 4) is 11.4 Å². The Labute approximate surface area is 135 Å². The summed E-state index contributed by atoms with van der Waals surface area (Å²) in [7, 11) is 0. The fraction of sp³-hybridized carbons (Fsp3) is 0.471. The number of hydrogen-bond donors (Lipinski definition) is 1. The van der Waals surface area contributed by atoms with E-state index in [1.807, 2.05) is 24.3 Å². The third-order valence-electron chi connectivity index (χ3n) is 4.25. The second kappa shape index (κ2) is 6.81. The number of carboxylic acid groups (broad SMARTS) is 1. The first kappa shape index (κ1) is 15.5. The maximum absolute atomic E-state index is 11.4. The molecule has 1 saturated carbocycles. The molecule has 1 fully saturated rings. The van der Waals surface area contributed by atoms with Gasteiger partial charge in [-0.05, 0) is 43.5 Å². The molecule has 0 bridgehead atoms. The molecular weight excluding hydrogens is 294 g/mol. The minimum atomic E-state index is -1.02. The van der Waals surface area contributed by atoms with Gasteiger partial charge in [0.1, 0.15) is 5.75 Å². The third-order valence-corrected chi connectivity index (χ3v) is 4.25. The Balaban J connectivity index is 1.85. The Bertz CT molecular complexity index is 675. The van der Waals surface area contributed by atoms with Gasteiger partial charge >= 0.3 is 5.97 Å². The monoisotopic (exact) mass is 315 g/mol. The van der Waals surface area contributed by atoms with Crippen molar-refractivity contribution < 1.29 is 14.6 Å². The second-order valence-corrected chi connectivity index (χ2v) is 5.86. The van der Waals surface area contributed by atoms with Gasteiger partial charge in [-0.15, -0.1) is 5.10 Å². The number of rotatable bonds is 7. The Morgan fingerprint density at radius 3 is 2.65 bits per heavy atom. The van der Waals surface area contributed by atoms with Crippen LogP contribution in [0.2, 0.25) is 0 Å². The van der Waals surface area contributed by atoms with E-state index in [0.29, 0.717) is 12.3 Å². The van der Waals surface area contributed by atoms with E-state index in [9.17, 15) is 9.90 Å². The normalized spacial score (nSPS) is 14.5. The van der Waals surface area contributed by atoms with Gasteiger partial charge in [-0.3, -0.25) is 0 Å². The van der Waals surface area contributed by atoms with E-state index < -0.39 is 5.97 Å². The zero-order valence-corrected chi connectivity index (χ0v) is 13.2. The van der Waals surface area contributed by atoms with Crippen LogP contribution in [-0.4, -0.2) is 32.7 Å². The van der Waals surface area contributed by atoms with Gasteiger partial charge in [-0.2, -0.15) is 0 Å². The number of aromatic carboxylic acids is 1. The van der Waals surface area contributed by atoms with Crippen LogP contribution >= 0.6 is 0 Å². The fourth-order valence-electron chi connectivity index (χ4n) is 2.70. The van der Waals surface area contributed by atoms with Crippen molar-refractivity contribution in [2.75, 3.05) is 6.61 Å². The van der Waals surface area contributed by atoms with Gasteiger partial charge < -0.3 is 9.84 Å². The Kier molecular flexibility index (Phi) is 4.60. The minimum absolute atomic E-state index is 0.0676. The number of hydrogen-bond acceptors (Lipinski definition) is 4. The highest BCUT2D eigenvalue weighted by molar-refractivity contribution is 5.86. The topological polar surface area (TPSA) is 77.2 Å². The maximum Gasteiger partial charge on any atom is 0.358 e. The van der Waals surface area contributed by atoms with Crippen LogP contribution in [0.5, 0.6) is 5.75 Å². The Morgan fingerprint density at radius 1 is 1.35 bits per heavy atom. The summed E-state index contributed by atoms with van der Waals surface area (Å²) < 4.78 is 7.31. The lowest BCUT2D eigenvalue weighted by Gasteiger charge is -2.26. The lowest BCUT2D eigenvalue weighted by atomic mass is 9.82. The molecule has 122 valence electrons. The zero-order chi connectivity index (χ0) is 16.2. The Morgan fingerprint density at radius 2 is 2.09 bits per heavy atom. The summed E-state index contributed by atoms with van der Waals surface area (Å²) >= 11 is 0. The summed E-state index contributed by atoms with van der Waals surface area (Å²) in [5.74, 6) is 0.0280. The number of aromatic nitrogens is 3. The number of benzene rings is 1. The van der Waals surface area contributed by atoms with Gasteiger partial charge in [0.15, 0.2) is 5.69 Å². The fourth-order valence-corrected chi connectivity index (χ4v) is 2.70. The summed E-state index contributed by atoms with van der Waals surface area (Å²) in [4.78, 5) is 11.4. The maximum atomic E-state index is 11.4. The van der Waals surface area contributed by atoms with Crippen molar-refractivity contribution in [3.05, 3.63) is 35.7 Å².